The molecule has 0 bridgehead atoms. The second kappa shape index (κ2) is 54.4. The van der Waals surface area contributed by atoms with E-state index in [-0.39, 0.29) is 37.5 Å². The molecule has 0 spiro atoms. The fourth-order valence-corrected chi connectivity index (χ4v) is 7.00. The number of hydrogen-bond acceptors (Lipinski definition) is 6. The summed E-state index contributed by atoms with van der Waals surface area (Å²) in [6, 6.07) is 0. The summed E-state index contributed by atoms with van der Waals surface area (Å²) >= 11 is 0. The number of carbonyl (C=O) groups is 3. The maximum Gasteiger partial charge on any atom is 0.306 e. The molecule has 0 aromatic rings. The second-order valence-corrected chi connectivity index (χ2v) is 17.5. The molecule has 0 saturated carbocycles. The first-order valence-electron chi connectivity index (χ1n) is 27.1. The first kappa shape index (κ1) is 62.8. The van der Waals surface area contributed by atoms with Gasteiger partial charge in [-0.05, 0) is 96.3 Å². The van der Waals surface area contributed by atoms with E-state index in [1.54, 1.807) is 0 Å². The molecule has 0 heterocycles. The van der Waals surface area contributed by atoms with E-state index < -0.39 is 6.10 Å². The Labute approximate surface area is 412 Å². The van der Waals surface area contributed by atoms with Crippen molar-refractivity contribution in [3.63, 3.8) is 0 Å². The van der Waals surface area contributed by atoms with Crippen molar-refractivity contribution in [2.24, 2.45) is 0 Å². The zero-order chi connectivity index (χ0) is 48.6. The van der Waals surface area contributed by atoms with Crippen LogP contribution in [-0.2, 0) is 28.6 Å². The first-order chi connectivity index (χ1) is 33.0. The van der Waals surface area contributed by atoms with Gasteiger partial charge in [0.25, 0.3) is 0 Å². The molecule has 1 atom stereocenters. The minimum Gasteiger partial charge on any atom is -0.462 e. The van der Waals surface area contributed by atoms with Crippen molar-refractivity contribution in [1.82, 2.24) is 0 Å². The van der Waals surface area contributed by atoms with Crippen molar-refractivity contribution in [3.8, 4) is 0 Å². The van der Waals surface area contributed by atoms with Gasteiger partial charge in [0.1, 0.15) is 13.2 Å². The monoisotopic (exact) mass is 927 g/mol. The molecule has 0 aliphatic carbocycles. The fraction of sp³-hybridized carbons (Fsp3) is 0.623. The molecule has 0 saturated heterocycles. The van der Waals surface area contributed by atoms with E-state index in [0.717, 1.165) is 103 Å². The number of hydrogen-bond donors (Lipinski definition) is 0. The van der Waals surface area contributed by atoms with Crippen molar-refractivity contribution < 1.29 is 28.6 Å². The predicted octanol–water partition coefficient (Wildman–Crippen LogP) is 18.1. The summed E-state index contributed by atoms with van der Waals surface area (Å²) in [5, 5.41) is 0. The molecule has 6 heteroatoms. The summed E-state index contributed by atoms with van der Waals surface area (Å²) in [6.45, 7) is 6.36. The molecule has 0 radical (unpaired) electrons. The molecule has 0 aliphatic heterocycles. The molecular formula is C61H98O6. The highest BCUT2D eigenvalue weighted by Gasteiger charge is 2.19. The van der Waals surface area contributed by atoms with Gasteiger partial charge in [0.05, 0.1) is 0 Å². The van der Waals surface area contributed by atoms with Gasteiger partial charge < -0.3 is 14.2 Å². The summed E-state index contributed by atoms with van der Waals surface area (Å²) in [7, 11) is 0. The van der Waals surface area contributed by atoms with Crippen LogP contribution in [0.3, 0.4) is 0 Å². The van der Waals surface area contributed by atoms with Crippen LogP contribution in [0, 0.1) is 0 Å². The number of esters is 3. The highest BCUT2D eigenvalue weighted by Crippen LogP contribution is 2.13. The standard InChI is InChI=1S/C61H98O6/c1-4-7-10-13-16-19-22-25-28-30-32-33-36-39-42-45-48-51-54-60(63)66-57-58(56-65-59(62)53-50-47-44-41-38-35-27-24-21-18-15-12-9-6-3)67-61(64)55-52-49-46-43-40-37-34-31-29-26-23-20-17-14-11-8-5-2/h9-10,12-13,16,18-19,21-22,25-26,28-30,32-34,37,43,46,58H,4-8,11,14-15,17,20,23-24,27,31,35-36,38-42,44-45,47-57H2,1-3H3/b12-9-,13-10-,19-16-,21-18-,25-22-,29-26-,30-28-,33-32-,37-34-,46-43-. The van der Waals surface area contributed by atoms with Crippen LogP contribution in [0.5, 0.6) is 0 Å². The van der Waals surface area contributed by atoms with Gasteiger partial charge in [-0.3, -0.25) is 14.4 Å². The van der Waals surface area contributed by atoms with Crippen LogP contribution in [0.4, 0.5) is 0 Å². The van der Waals surface area contributed by atoms with E-state index in [0.29, 0.717) is 19.3 Å². The van der Waals surface area contributed by atoms with E-state index in [2.05, 4.69) is 106 Å². The number of ether oxygens (including phenoxy) is 3. The van der Waals surface area contributed by atoms with Crippen LogP contribution in [0.25, 0.3) is 0 Å². The zero-order valence-corrected chi connectivity index (χ0v) is 43.1. The van der Waals surface area contributed by atoms with Crippen LogP contribution in [-0.4, -0.2) is 37.2 Å². The maximum absolute atomic E-state index is 12.8. The Bertz CT molecular complexity index is 1440. The van der Waals surface area contributed by atoms with E-state index in [9.17, 15) is 14.4 Å². The van der Waals surface area contributed by atoms with Gasteiger partial charge in [-0.25, -0.2) is 0 Å². The summed E-state index contributed by atoms with van der Waals surface area (Å²) in [5.41, 5.74) is 0. The lowest BCUT2D eigenvalue weighted by Gasteiger charge is -2.18. The lowest BCUT2D eigenvalue weighted by Crippen LogP contribution is -2.30. The fourth-order valence-electron chi connectivity index (χ4n) is 7.00. The van der Waals surface area contributed by atoms with Crippen LogP contribution in [0.15, 0.2) is 122 Å². The third-order valence-corrected chi connectivity index (χ3v) is 11.0. The normalized spacial score (nSPS) is 13.1. The minimum atomic E-state index is -0.822. The summed E-state index contributed by atoms with van der Waals surface area (Å²) < 4.78 is 16.8. The van der Waals surface area contributed by atoms with Crippen LogP contribution < -0.4 is 0 Å². The van der Waals surface area contributed by atoms with Crippen LogP contribution in [0.1, 0.15) is 226 Å². The summed E-state index contributed by atoms with van der Waals surface area (Å²) in [6.07, 6.45) is 74.7. The average Bonchev–Trinajstić information content (AvgIpc) is 3.33. The Morgan fingerprint density at radius 1 is 0.328 bits per heavy atom. The maximum atomic E-state index is 12.8. The molecule has 0 N–H and O–H groups in total. The Kier molecular flexibility index (Phi) is 51.0. The minimum absolute atomic E-state index is 0.114. The molecule has 0 amide bonds. The first-order valence-corrected chi connectivity index (χ1v) is 27.1. The van der Waals surface area contributed by atoms with Crippen molar-refractivity contribution in [2.75, 3.05) is 13.2 Å². The molecule has 0 fully saturated rings. The predicted molar refractivity (Wildman–Crippen MR) is 288 cm³/mol. The molecular weight excluding hydrogens is 829 g/mol. The largest absolute Gasteiger partial charge is 0.462 e. The van der Waals surface area contributed by atoms with Gasteiger partial charge in [0, 0.05) is 19.3 Å². The van der Waals surface area contributed by atoms with Crippen molar-refractivity contribution in [1.29, 1.82) is 0 Å². The molecule has 0 rings (SSSR count). The number of allylic oxidation sites excluding steroid dienone is 20. The van der Waals surface area contributed by atoms with Crippen molar-refractivity contribution >= 4 is 17.9 Å². The van der Waals surface area contributed by atoms with E-state index in [1.807, 2.05) is 36.5 Å². The molecule has 1 unspecified atom stereocenters. The highest BCUT2D eigenvalue weighted by atomic mass is 16.6. The van der Waals surface area contributed by atoms with Gasteiger partial charge in [0.15, 0.2) is 6.10 Å². The highest BCUT2D eigenvalue weighted by molar-refractivity contribution is 5.71. The lowest BCUT2D eigenvalue weighted by atomic mass is 10.1. The number of unbranched alkanes of at least 4 members (excludes halogenated alkanes) is 20. The van der Waals surface area contributed by atoms with E-state index in [4.69, 9.17) is 14.2 Å². The van der Waals surface area contributed by atoms with E-state index in [1.165, 1.54) is 77.0 Å². The molecule has 378 valence electrons. The molecule has 67 heavy (non-hydrogen) atoms. The van der Waals surface area contributed by atoms with Gasteiger partial charge in [-0.15, -0.1) is 0 Å². The van der Waals surface area contributed by atoms with Gasteiger partial charge >= 0.3 is 17.9 Å². The quantitative estimate of drug-likeness (QED) is 0.0199. The third-order valence-electron chi connectivity index (χ3n) is 11.0. The summed E-state index contributed by atoms with van der Waals surface area (Å²) in [5.74, 6) is -1.01. The van der Waals surface area contributed by atoms with Gasteiger partial charge in [0.2, 0.25) is 0 Å². The Morgan fingerprint density at radius 3 is 1.15 bits per heavy atom. The second-order valence-electron chi connectivity index (χ2n) is 17.5. The lowest BCUT2D eigenvalue weighted by molar-refractivity contribution is -0.167. The molecule has 0 aromatic carbocycles. The topological polar surface area (TPSA) is 78.9 Å². The Hall–Kier alpha value is -4.19. The van der Waals surface area contributed by atoms with Crippen LogP contribution in [0.2, 0.25) is 0 Å². The summed E-state index contributed by atoms with van der Waals surface area (Å²) in [4.78, 5) is 38.1. The number of rotatable bonds is 47. The van der Waals surface area contributed by atoms with Gasteiger partial charge in [-0.1, -0.05) is 232 Å². The SMILES string of the molecule is CC/C=C\C/C=C\CCCCCCCCCC(=O)OCC(COC(=O)CCCCCCC\C=C/C=C\C=C/C=C\C=C/CCC)OC(=O)CCC/C=C\C/C=C\C/C=C\CCCCCCCC. The Morgan fingerprint density at radius 2 is 0.687 bits per heavy atom. The zero-order valence-electron chi connectivity index (χ0n) is 43.1. The van der Waals surface area contributed by atoms with E-state index >= 15 is 0 Å². The van der Waals surface area contributed by atoms with Crippen molar-refractivity contribution in [2.45, 2.75) is 232 Å². The van der Waals surface area contributed by atoms with Crippen LogP contribution >= 0.6 is 0 Å². The average molecular weight is 927 g/mol. The third kappa shape index (κ3) is 52.6. The smallest absolute Gasteiger partial charge is 0.306 e. The molecule has 0 aromatic heterocycles. The molecule has 0 aliphatic rings. The Balaban J connectivity index is 4.55. The number of carbonyl (C=O) groups excluding carboxylic acids is 3. The van der Waals surface area contributed by atoms with Gasteiger partial charge in [-0.2, -0.15) is 0 Å². The van der Waals surface area contributed by atoms with Crippen molar-refractivity contribution in [3.05, 3.63) is 122 Å². The molecule has 6 nitrogen and oxygen atoms in total.